The van der Waals surface area contributed by atoms with E-state index in [1.165, 1.54) is 0 Å². The van der Waals surface area contributed by atoms with Crippen molar-refractivity contribution in [2.24, 2.45) is 0 Å². The van der Waals surface area contributed by atoms with Crippen molar-refractivity contribution in [3.05, 3.63) is 65.2 Å². The van der Waals surface area contributed by atoms with Crippen LogP contribution in [-0.2, 0) is 14.3 Å². The van der Waals surface area contributed by atoms with Crippen LogP contribution < -0.4 is 5.32 Å². The number of nitrogens with zero attached hydrogens (tertiary/aromatic N) is 1. The summed E-state index contributed by atoms with van der Waals surface area (Å²) in [5.74, 6) is -2.30. The lowest BCUT2D eigenvalue weighted by Gasteiger charge is -2.24. The molecule has 1 N–H and O–H groups in total. The number of ether oxygens (including phenoxy) is 1. The van der Waals surface area contributed by atoms with Crippen molar-refractivity contribution in [1.29, 1.82) is 0 Å². The largest absolute Gasteiger partial charge is 0.454 e. The first-order valence-electron chi connectivity index (χ1n) is 9.92. The summed E-state index contributed by atoms with van der Waals surface area (Å²) < 4.78 is 5.17. The van der Waals surface area contributed by atoms with Gasteiger partial charge in [-0.3, -0.25) is 19.3 Å². The summed E-state index contributed by atoms with van der Waals surface area (Å²) in [5.41, 5.74) is 2.19. The van der Waals surface area contributed by atoms with Crippen molar-refractivity contribution in [2.75, 3.05) is 11.9 Å². The first kappa shape index (κ1) is 21.2. The maximum absolute atomic E-state index is 12.7. The van der Waals surface area contributed by atoms with E-state index in [1.54, 1.807) is 36.4 Å². The lowest BCUT2D eigenvalue weighted by atomic mass is 10.1. The summed E-state index contributed by atoms with van der Waals surface area (Å²) in [6.45, 7) is 3.38. The Labute approximate surface area is 175 Å². The van der Waals surface area contributed by atoms with E-state index in [4.69, 9.17) is 4.74 Å². The second kappa shape index (κ2) is 9.35. The molecule has 0 saturated heterocycles. The fourth-order valence-corrected chi connectivity index (χ4v) is 3.31. The van der Waals surface area contributed by atoms with Gasteiger partial charge in [-0.25, -0.2) is 4.79 Å². The van der Waals surface area contributed by atoms with E-state index in [0.29, 0.717) is 12.1 Å². The van der Waals surface area contributed by atoms with Crippen molar-refractivity contribution in [3.8, 4) is 0 Å². The number of esters is 1. The number of imide groups is 1. The second-order valence-electron chi connectivity index (χ2n) is 7.21. The Morgan fingerprint density at radius 3 is 2.17 bits per heavy atom. The molecular formula is C23H24N2O5. The minimum Gasteiger partial charge on any atom is -0.454 e. The normalized spacial score (nSPS) is 13.7. The number of carbonyl (C=O) groups excluding carboxylic acids is 4. The van der Waals surface area contributed by atoms with Crippen LogP contribution in [0, 0.1) is 6.92 Å². The average Bonchev–Trinajstić information content (AvgIpc) is 2.99. The number of amides is 3. The maximum Gasteiger partial charge on any atom is 0.329 e. The molecule has 156 valence electrons. The molecule has 0 unspecified atom stereocenters. The first-order chi connectivity index (χ1) is 14.4. The van der Waals surface area contributed by atoms with Crippen LogP contribution in [-0.4, -0.2) is 41.2 Å². The molecule has 0 aliphatic carbocycles. The minimum atomic E-state index is -1.07. The molecule has 0 spiro atoms. The molecule has 0 saturated carbocycles. The van der Waals surface area contributed by atoms with E-state index in [9.17, 15) is 19.2 Å². The summed E-state index contributed by atoms with van der Waals surface area (Å²) in [6, 6.07) is 12.6. The molecule has 3 rings (SSSR count). The summed E-state index contributed by atoms with van der Waals surface area (Å²) in [7, 11) is 0. The molecule has 0 fully saturated rings. The third kappa shape index (κ3) is 4.56. The topological polar surface area (TPSA) is 92.8 Å². The lowest BCUT2D eigenvalue weighted by molar-refractivity contribution is -0.151. The summed E-state index contributed by atoms with van der Waals surface area (Å²) in [6.07, 6.45) is 1.68. The van der Waals surface area contributed by atoms with Crippen LogP contribution in [0.5, 0.6) is 0 Å². The predicted molar refractivity (Wildman–Crippen MR) is 111 cm³/mol. The third-order valence-corrected chi connectivity index (χ3v) is 4.92. The van der Waals surface area contributed by atoms with Gasteiger partial charge >= 0.3 is 5.97 Å². The number of fused-ring (bicyclic) bond motifs is 1. The summed E-state index contributed by atoms with van der Waals surface area (Å²) in [4.78, 5) is 51.3. The quantitative estimate of drug-likeness (QED) is 0.534. The monoisotopic (exact) mass is 408 g/mol. The molecule has 7 heteroatoms. The Kier molecular flexibility index (Phi) is 6.61. The molecule has 1 aliphatic heterocycles. The van der Waals surface area contributed by atoms with Gasteiger partial charge in [0.1, 0.15) is 6.04 Å². The van der Waals surface area contributed by atoms with Crippen LogP contribution >= 0.6 is 0 Å². The Balaban J connectivity index is 1.67. The second-order valence-corrected chi connectivity index (χ2v) is 7.21. The highest BCUT2D eigenvalue weighted by atomic mass is 16.5. The average molecular weight is 408 g/mol. The van der Waals surface area contributed by atoms with Gasteiger partial charge in [0.15, 0.2) is 6.61 Å². The van der Waals surface area contributed by atoms with Gasteiger partial charge in [0.05, 0.1) is 11.1 Å². The number of aryl methyl sites for hydroxylation is 1. The fraction of sp³-hybridized carbons (Fsp3) is 0.304. The first-order valence-corrected chi connectivity index (χ1v) is 9.92. The molecule has 1 heterocycles. The Hall–Kier alpha value is -3.48. The molecule has 7 nitrogen and oxygen atoms in total. The van der Waals surface area contributed by atoms with Crippen LogP contribution in [0.1, 0.15) is 52.5 Å². The SMILES string of the molecule is CCCC[C@H](C(=O)OCC(=O)Nc1ccc(C)cc1)N1C(=O)c2ccccc2C1=O. The standard InChI is InChI=1S/C23H24N2O5/c1-3-4-9-19(25-21(27)17-7-5-6-8-18(17)22(25)28)23(29)30-14-20(26)24-16-12-10-15(2)11-13-16/h5-8,10-13,19H,3-4,9,14H2,1-2H3,(H,24,26)/t19-/m1/s1. The lowest BCUT2D eigenvalue weighted by Crippen LogP contribution is -2.46. The van der Waals surface area contributed by atoms with Crippen molar-refractivity contribution in [1.82, 2.24) is 4.90 Å². The van der Waals surface area contributed by atoms with Gasteiger partial charge in [0.25, 0.3) is 17.7 Å². The fourth-order valence-electron chi connectivity index (χ4n) is 3.31. The number of benzene rings is 2. The van der Waals surface area contributed by atoms with Crippen LogP contribution in [0.3, 0.4) is 0 Å². The minimum absolute atomic E-state index is 0.272. The van der Waals surface area contributed by atoms with Crippen molar-refractivity contribution < 1.29 is 23.9 Å². The third-order valence-electron chi connectivity index (χ3n) is 4.92. The molecule has 1 atom stereocenters. The van der Waals surface area contributed by atoms with E-state index in [2.05, 4.69) is 5.32 Å². The van der Waals surface area contributed by atoms with Gasteiger partial charge in [0.2, 0.25) is 0 Å². The number of hydrogen-bond acceptors (Lipinski definition) is 5. The number of carbonyl (C=O) groups is 4. The van der Waals surface area contributed by atoms with E-state index in [0.717, 1.165) is 16.9 Å². The molecule has 2 aromatic rings. The molecule has 2 aromatic carbocycles. The zero-order valence-corrected chi connectivity index (χ0v) is 17.0. The smallest absolute Gasteiger partial charge is 0.329 e. The van der Waals surface area contributed by atoms with Gasteiger partial charge in [-0.1, -0.05) is 49.6 Å². The van der Waals surface area contributed by atoms with E-state index < -0.39 is 36.3 Å². The molecule has 0 aromatic heterocycles. The van der Waals surface area contributed by atoms with Gasteiger partial charge in [0, 0.05) is 5.69 Å². The highest BCUT2D eigenvalue weighted by molar-refractivity contribution is 6.22. The number of nitrogens with one attached hydrogen (secondary N) is 1. The van der Waals surface area contributed by atoms with E-state index >= 15 is 0 Å². The van der Waals surface area contributed by atoms with E-state index in [-0.39, 0.29) is 17.5 Å². The zero-order chi connectivity index (χ0) is 21.7. The maximum atomic E-state index is 12.7. The van der Waals surface area contributed by atoms with Crippen molar-refractivity contribution in [2.45, 2.75) is 39.2 Å². The van der Waals surface area contributed by atoms with Gasteiger partial charge in [-0.2, -0.15) is 0 Å². The van der Waals surface area contributed by atoms with Gasteiger partial charge in [-0.15, -0.1) is 0 Å². The summed E-state index contributed by atoms with van der Waals surface area (Å²) in [5, 5.41) is 2.64. The van der Waals surface area contributed by atoms with Crippen LogP contribution in [0.25, 0.3) is 0 Å². The number of rotatable bonds is 8. The van der Waals surface area contributed by atoms with Crippen LogP contribution in [0.2, 0.25) is 0 Å². The number of hydrogen-bond donors (Lipinski definition) is 1. The summed E-state index contributed by atoms with van der Waals surface area (Å²) >= 11 is 0. The molecule has 0 bridgehead atoms. The van der Waals surface area contributed by atoms with Crippen molar-refractivity contribution in [3.63, 3.8) is 0 Å². The highest BCUT2D eigenvalue weighted by Crippen LogP contribution is 2.26. The molecule has 0 radical (unpaired) electrons. The molecule has 30 heavy (non-hydrogen) atoms. The van der Waals surface area contributed by atoms with Gasteiger partial charge < -0.3 is 10.1 Å². The molecule has 1 aliphatic rings. The van der Waals surface area contributed by atoms with Crippen LogP contribution in [0.4, 0.5) is 5.69 Å². The molecule has 3 amide bonds. The zero-order valence-electron chi connectivity index (χ0n) is 17.0. The van der Waals surface area contributed by atoms with Crippen molar-refractivity contribution >= 4 is 29.4 Å². The Bertz CT molecular complexity index is 933. The highest BCUT2D eigenvalue weighted by Gasteiger charge is 2.43. The van der Waals surface area contributed by atoms with Crippen LogP contribution in [0.15, 0.2) is 48.5 Å². The molecular weight excluding hydrogens is 384 g/mol. The number of unbranched alkanes of at least 4 members (excludes halogenated alkanes) is 1. The Morgan fingerprint density at radius 1 is 1.00 bits per heavy atom. The predicted octanol–water partition coefficient (Wildman–Crippen LogP) is 3.33. The van der Waals surface area contributed by atoms with Gasteiger partial charge in [-0.05, 0) is 37.6 Å². The van der Waals surface area contributed by atoms with E-state index in [1.807, 2.05) is 26.0 Å². The Morgan fingerprint density at radius 2 is 1.60 bits per heavy atom. The number of anilines is 1.